The number of phenolic OH excluding ortho intramolecular Hbond substituents is 1. The Kier molecular flexibility index (Phi) is 2.89. The predicted molar refractivity (Wildman–Crippen MR) is 50.5 cm³/mol. The first kappa shape index (κ1) is 8.82. The van der Waals surface area contributed by atoms with Crippen molar-refractivity contribution in [2.45, 2.75) is 0 Å². The summed E-state index contributed by atoms with van der Waals surface area (Å²) in [7, 11) is 0. The molecule has 1 N–H and O–H groups in total. The van der Waals surface area contributed by atoms with Gasteiger partial charge in [0.2, 0.25) is 0 Å². The van der Waals surface area contributed by atoms with Crippen LogP contribution in [-0.4, -0.2) is 5.11 Å². The highest BCUT2D eigenvalue weighted by Crippen LogP contribution is 2.24. The van der Waals surface area contributed by atoms with Crippen molar-refractivity contribution in [3.63, 3.8) is 0 Å². The van der Waals surface area contributed by atoms with Crippen molar-refractivity contribution in [1.82, 2.24) is 0 Å². The van der Waals surface area contributed by atoms with Gasteiger partial charge in [0.05, 0.1) is 10.5 Å². The van der Waals surface area contributed by atoms with Crippen LogP contribution < -0.4 is 0 Å². The zero-order valence-electron chi connectivity index (χ0n) is 6.16. The summed E-state index contributed by atoms with van der Waals surface area (Å²) in [6, 6.07) is 6.93. The lowest BCUT2D eigenvalue weighted by molar-refractivity contribution is 0.472. The van der Waals surface area contributed by atoms with Gasteiger partial charge in [-0.1, -0.05) is 6.07 Å². The van der Waals surface area contributed by atoms with Crippen molar-refractivity contribution in [1.29, 1.82) is 5.26 Å². The van der Waals surface area contributed by atoms with Gasteiger partial charge in [0.25, 0.3) is 0 Å². The second-order valence-corrected chi connectivity index (χ2v) is 3.03. The minimum Gasteiger partial charge on any atom is -0.507 e. The number of rotatable bonds is 1. The third-order valence-corrected chi connectivity index (χ3v) is 1.96. The van der Waals surface area contributed by atoms with Gasteiger partial charge in [0.15, 0.2) is 0 Å². The number of aromatic hydroxyl groups is 1. The lowest BCUT2D eigenvalue weighted by Crippen LogP contribution is -1.72. The fourth-order valence-corrected chi connectivity index (χ4v) is 1.16. The molecule has 0 unspecified atom stereocenters. The summed E-state index contributed by atoms with van der Waals surface area (Å²) in [6.07, 6.45) is 3.06. The van der Waals surface area contributed by atoms with Gasteiger partial charge in [-0.3, -0.25) is 0 Å². The molecule has 0 aliphatic heterocycles. The lowest BCUT2D eigenvalue weighted by Gasteiger charge is -1.96. The molecule has 0 fully saturated rings. The highest BCUT2D eigenvalue weighted by molar-refractivity contribution is 9.10. The molecule has 0 heterocycles. The molecule has 1 rings (SSSR count). The molecule has 2 nitrogen and oxygen atoms in total. The molecule has 0 aliphatic carbocycles. The Labute approximate surface area is 78.9 Å². The average Bonchev–Trinajstić information content (AvgIpc) is 2.07. The van der Waals surface area contributed by atoms with Crippen LogP contribution in [0.3, 0.4) is 0 Å². The Balaban J connectivity index is 2.99. The van der Waals surface area contributed by atoms with Gasteiger partial charge in [-0.05, 0) is 39.7 Å². The molecule has 3 heteroatoms. The van der Waals surface area contributed by atoms with Gasteiger partial charge in [-0.2, -0.15) is 5.26 Å². The van der Waals surface area contributed by atoms with E-state index >= 15 is 0 Å². The molecular weight excluding hydrogens is 218 g/mol. The fourth-order valence-electron chi connectivity index (χ4n) is 0.760. The van der Waals surface area contributed by atoms with Gasteiger partial charge in [0, 0.05) is 6.08 Å². The van der Waals surface area contributed by atoms with E-state index in [-0.39, 0.29) is 5.75 Å². The monoisotopic (exact) mass is 223 g/mol. The average molecular weight is 224 g/mol. The second-order valence-electron chi connectivity index (χ2n) is 2.17. The topological polar surface area (TPSA) is 44.0 Å². The van der Waals surface area contributed by atoms with Gasteiger partial charge in [0.1, 0.15) is 5.75 Å². The molecule has 0 saturated carbocycles. The third-order valence-electron chi connectivity index (χ3n) is 1.32. The van der Waals surface area contributed by atoms with Crippen LogP contribution >= 0.6 is 15.9 Å². The predicted octanol–water partition coefficient (Wildman–Crippen LogP) is 2.69. The summed E-state index contributed by atoms with van der Waals surface area (Å²) < 4.78 is 0.627. The summed E-state index contributed by atoms with van der Waals surface area (Å²) >= 11 is 3.17. The van der Waals surface area contributed by atoms with Gasteiger partial charge in [-0.25, -0.2) is 0 Å². The Morgan fingerprint density at radius 1 is 1.50 bits per heavy atom. The Morgan fingerprint density at radius 2 is 2.25 bits per heavy atom. The molecule has 60 valence electrons. The lowest BCUT2D eigenvalue weighted by atomic mass is 10.2. The van der Waals surface area contributed by atoms with Crippen LogP contribution in [0.15, 0.2) is 28.7 Å². The van der Waals surface area contributed by atoms with Crippen LogP contribution in [0.4, 0.5) is 0 Å². The molecule has 0 aliphatic rings. The van der Waals surface area contributed by atoms with Crippen LogP contribution in [0.5, 0.6) is 5.75 Å². The molecule has 0 bridgehead atoms. The number of benzene rings is 1. The number of allylic oxidation sites excluding steroid dienone is 1. The number of hydrogen-bond donors (Lipinski definition) is 1. The standard InChI is InChI=1S/C9H6BrNO/c10-8-6-7(2-1-5-11)3-4-9(8)12/h1-4,6,12H/b2-1+. The van der Waals surface area contributed by atoms with E-state index < -0.39 is 0 Å². The number of nitrogens with zero attached hydrogens (tertiary/aromatic N) is 1. The number of phenols is 1. The zero-order chi connectivity index (χ0) is 8.97. The molecule has 1 aromatic carbocycles. The van der Waals surface area contributed by atoms with Crippen molar-refractivity contribution < 1.29 is 5.11 Å². The molecule has 12 heavy (non-hydrogen) atoms. The minimum absolute atomic E-state index is 0.198. The Morgan fingerprint density at radius 3 is 2.83 bits per heavy atom. The van der Waals surface area contributed by atoms with Crippen molar-refractivity contribution in [3.05, 3.63) is 34.3 Å². The number of hydrogen-bond acceptors (Lipinski definition) is 2. The van der Waals surface area contributed by atoms with Crippen LogP contribution in [-0.2, 0) is 0 Å². The fraction of sp³-hybridized carbons (Fsp3) is 0. The van der Waals surface area contributed by atoms with Crippen molar-refractivity contribution in [3.8, 4) is 11.8 Å². The second kappa shape index (κ2) is 3.93. The van der Waals surface area contributed by atoms with E-state index in [0.29, 0.717) is 4.47 Å². The van der Waals surface area contributed by atoms with Crippen LogP contribution in [0.25, 0.3) is 6.08 Å². The SMILES string of the molecule is N#C/C=C/c1ccc(O)c(Br)c1. The summed E-state index contributed by atoms with van der Waals surface area (Å²) in [6.45, 7) is 0. The van der Waals surface area contributed by atoms with Crippen molar-refractivity contribution in [2.24, 2.45) is 0 Å². The van der Waals surface area contributed by atoms with Gasteiger partial charge >= 0.3 is 0 Å². The quantitative estimate of drug-likeness (QED) is 0.745. The van der Waals surface area contributed by atoms with E-state index in [0.717, 1.165) is 5.56 Å². The van der Waals surface area contributed by atoms with Gasteiger partial charge in [-0.15, -0.1) is 0 Å². The van der Waals surface area contributed by atoms with E-state index in [2.05, 4.69) is 15.9 Å². The highest BCUT2D eigenvalue weighted by Gasteiger charge is 1.95. The molecule has 0 radical (unpaired) electrons. The van der Waals surface area contributed by atoms with E-state index in [1.807, 2.05) is 6.07 Å². The maximum atomic E-state index is 9.13. The van der Waals surface area contributed by atoms with Crippen molar-refractivity contribution in [2.75, 3.05) is 0 Å². The van der Waals surface area contributed by atoms with Crippen LogP contribution in [0, 0.1) is 11.3 Å². The minimum atomic E-state index is 0.198. The first-order valence-electron chi connectivity index (χ1n) is 3.28. The molecule has 0 amide bonds. The highest BCUT2D eigenvalue weighted by atomic mass is 79.9. The molecule has 0 spiro atoms. The molecular formula is C9H6BrNO. The number of halogens is 1. The van der Waals surface area contributed by atoms with Crippen LogP contribution in [0.2, 0.25) is 0 Å². The summed E-state index contributed by atoms with van der Waals surface area (Å²) in [4.78, 5) is 0. The van der Waals surface area contributed by atoms with E-state index in [1.165, 1.54) is 6.08 Å². The van der Waals surface area contributed by atoms with E-state index in [1.54, 1.807) is 24.3 Å². The van der Waals surface area contributed by atoms with E-state index in [9.17, 15) is 0 Å². The maximum absolute atomic E-state index is 9.13. The normalized spacial score (nSPS) is 10.0. The molecule has 0 saturated heterocycles. The first-order valence-corrected chi connectivity index (χ1v) is 4.08. The number of nitriles is 1. The summed E-state index contributed by atoms with van der Waals surface area (Å²) in [5.74, 6) is 0.198. The summed E-state index contributed by atoms with van der Waals surface area (Å²) in [5.41, 5.74) is 0.876. The Hall–Kier alpha value is -1.27. The maximum Gasteiger partial charge on any atom is 0.129 e. The largest absolute Gasteiger partial charge is 0.507 e. The van der Waals surface area contributed by atoms with Gasteiger partial charge < -0.3 is 5.11 Å². The molecule has 0 atom stereocenters. The van der Waals surface area contributed by atoms with E-state index in [4.69, 9.17) is 10.4 Å². The van der Waals surface area contributed by atoms with Crippen LogP contribution in [0.1, 0.15) is 5.56 Å². The molecule has 1 aromatic rings. The smallest absolute Gasteiger partial charge is 0.129 e. The first-order chi connectivity index (χ1) is 5.74. The van der Waals surface area contributed by atoms with Crippen molar-refractivity contribution >= 4 is 22.0 Å². The molecule has 0 aromatic heterocycles. The third kappa shape index (κ3) is 2.11. The summed E-state index contributed by atoms with van der Waals surface area (Å²) in [5, 5.41) is 17.4. The zero-order valence-corrected chi connectivity index (χ0v) is 7.75. The Bertz CT molecular complexity index is 352.